The molecule has 7 nitrogen and oxygen atoms in total. The van der Waals surface area contributed by atoms with E-state index >= 15 is 0 Å². The number of hydrogen-bond acceptors (Lipinski definition) is 5. The molecule has 7 heteroatoms. The van der Waals surface area contributed by atoms with Crippen LogP contribution in [0.3, 0.4) is 0 Å². The molecule has 2 aromatic carbocycles. The summed E-state index contributed by atoms with van der Waals surface area (Å²) in [5.74, 6) is 0.276. The molecule has 0 radical (unpaired) electrons. The molecule has 1 amide bonds. The van der Waals surface area contributed by atoms with Gasteiger partial charge >= 0.3 is 0 Å². The number of amides is 1. The zero-order chi connectivity index (χ0) is 21.8. The van der Waals surface area contributed by atoms with Crippen molar-refractivity contribution in [2.24, 2.45) is 7.05 Å². The van der Waals surface area contributed by atoms with Gasteiger partial charge in [-0.3, -0.25) is 14.5 Å². The summed E-state index contributed by atoms with van der Waals surface area (Å²) in [5, 5.41) is 3.68. The number of pyridine rings is 1. The number of nitrogens with one attached hydrogen (secondary N) is 1. The van der Waals surface area contributed by atoms with Crippen molar-refractivity contribution < 1.29 is 14.3 Å². The van der Waals surface area contributed by atoms with Crippen LogP contribution < -0.4 is 15.6 Å². The lowest BCUT2D eigenvalue weighted by Gasteiger charge is -2.26. The van der Waals surface area contributed by atoms with Gasteiger partial charge in [0.05, 0.1) is 30.0 Å². The minimum Gasteiger partial charge on any atom is -0.490 e. The van der Waals surface area contributed by atoms with E-state index in [1.54, 1.807) is 11.6 Å². The normalized spacial score (nSPS) is 14.5. The number of nitrogens with zero attached hydrogens (tertiary/aromatic N) is 2. The van der Waals surface area contributed by atoms with Gasteiger partial charge in [-0.2, -0.15) is 0 Å². The largest absolute Gasteiger partial charge is 0.490 e. The highest BCUT2D eigenvalue weighted by Gasteiger charge is 2.16. The van der Waals surface area contributed by atoms with E-state index in [1.165, 1.54) is 6.07 Å². The first kappa shape index (κ1) is 21.1. The summed E-state index contributed by atoms with van der Waals surface area (Å²) in [6, 6.07) is 14.5. The first-order valence-corrected chi connectivity index (χ1v) is 10.5. The van der Waals surface area contributed by atoms with Crippen LogP contribution in [0.4, 0.5) is 5.69 Å². The van der Waals surface area contributed by atoms with Crippen molar-refractivity contribution in [2.45, 2.75) is 6.92 Å². The standard InChI is InChI=1S/C24H27N3O4/c1-17-7-8-22(31-14-11-27-9-12-30-13-10-27)20(15-17)25-24(29)19-16-23(28)26(2)21-6-4-3-5-18(19)21/h3-8,15-16H,9-14H2,1-2H3,(H,25,29). The Labute approximate surface area is 181 Å². The fourth-order valence-electron chi connectivity index (χ4n) is 3.76. The van der Waals surface area contributed by atoms with Gasteiger partial charge in [-0.25, -0.2) is 0 Å². The Morgan fingerprint density at radius 2 is 1.90 bits per heavy atom. The molecule has 0 aliphatic carbocycles. The highest BCUT2D eigenvalue weighted by Crippen LogP contribution is 2.27. The van der Waals surface area contributed by atoms with E-state index in [2.05, 4.69) is 10.2 Å². The van der Waals surface area contributed by atoms with E-state index < -0.39 is 0 Å². The average Bonchev–Trinajstić information content (AvgIpc) is 2.78. The maximum atomic E-state index is 13.1. The minimum absolute atomic E-state index is 0.227. The number of fused-ring (bicyclic) bond motifs is 1. The van der Waals surface area contributed by atoms with Crippen molar-refractivity contribution in [1.82, 2.24) is 9.47 Å². The van der Waals surface area contributed by atoms with Gasteiger partial charge < -0.3 is 19.4 Å². The summed E-state index contributed by atoms with van der Waals surface area (Å²) in [4.78, 5) is 27.8. The predicted octanol–water partition coefficient (Wildman–Crippen LogP) is 2.81. The zero-order valence-electron chi connectivity index (χ0n) is 17.9. The van der Waals surface area contributed by atoms with Crippen molar-refractivity contribution in [3.63, 3.8) is 0 Å². The second kappa shape index (κ2) is 9.32. The number of aromatic nitrogens is 1. The summed E-state index contributed by atoms with van der Waals surface area (Å²) in [7, 11) is 1.70. The Morgan fingerprint density at radius 3 is 2.71 bits per heavy atom. The van der Waals surface area contributed by atoms with Crippen molar-refractivity contribution in [1.29, 1.82) is 0 Å². The number of morpholine rings is 1. The van der Waals surface area contributed by atoms with Crippen LogP contribution in [0, 0.1) is 6.92 Å². The summed E-state index contributed by atoms with van der Waals surface area (Å²) >= 11 is 0. The summed E-state index contributed by atoms with van der Waals surface area (Å²) < 4.78 is 12.9. The van der Waals surface area contributed by atoms with Gasteiger partial charge in [-0.1, -0.05) is 24.3 Å². The van der Waals surface area contributed by atoms with Gasteiger partial charge in [-0.05, 0) is 30.7 Å². The monoisotopic (exact) mass is 421 g/mol. The molecule has 1 aliphatic heterocycles. The Morgan fingerprint density at radius 1 is 1.13 bits per heavy atom. The minimum atomic E-state index is -0.336. The quantitative estimate of drug-likeness (QED) is 0.663. The fraction of sp³-hybridized carbons (Fsp3) is 0.333. The maximum absolute atomic E-state index is 13.1. The number of anilines is 1. The molecule has 1 fully saturated rings. The van der Waals surface area contributed by atoms with Crippen molar-refractivity contribution in [3.05, 3.63) is 70.0 Å². The predicted molar refractivity (Wildman–Crippen MR) is 121 cm³/mol. The van der Waals surface area contributed by atoms with Gasteiger partial charge in [0.25, 0.3) is 11.5 Å². The molecule has 3 aromatic rings. The highest BCUT2D eigenvalue weighted by molar-refractivity contribution is 6.12. The first-order chi connectivity index (χ1) is 15.0. The number of hydrogen-bond donors (Lipinski definition) is 1. The third kappa shape index (κ3) is 4.78. The van der Waals surface area contributed by atoms with Gasteiger partial charge in [0.15, 0.2) is 0 Å². The summed E-state index contributed by atoms with van der Waals surface area (Å²) in [6.07, 6.45) is 0. The lowest BCUT2D eigenvalue weighted by Crippen LogP contribution is -2.38. The molecule has 0 spiro atoms. The molecule has 0 unspecified atom stereocenters. The molecule has 1 aromatic heterocycles. The van der Waals surface area contributed by atoms with E-state index in [0.29, 0.717) is 29.1 Å². The molecule has 1 aliphatic rings. The van der Waals surface area contributed by atoms with E-state index in [0.717, 1.165) is 43.8 Å². The van der Waals surface area contributed by atoms with Gasteiger partial charge in [0.1, 0.15) is 12.4 Å². The van der Waals surface area contributed by atoms with Crippen molar-refractivity contribution in [3.8, 4) is 5.75 Å². The van der Waals surface area contributed by atoms with Gasteiger partial charge in [0, 0.05) is 38.1 Å². The number of rotatable bonds is 6. The molecule has 4 rings (SSSR count). The Bertz CT molecular complexity index is 1150. The summed E-state index contributed by atoms with van der Waals surface area (Å²) in [5.41, 5.74) is 2.43. The second-order valence-corrected chi connectivity index (χ2v) is 7.73. The first-order valence-electron chi connectivity index (χ1n) is 10.5. The smallest absolute Gasteiger partial charge is 0.256 e. The van der Waals surface area contributed by atoms with Crippen LogP contribution in [0.15, 0.2) is 53.3 Å². The van der Waals surface area contributed by atoms with Crippen LogP contribution in [0.1, 0.15) is 15.9 Å². The molecule has 0 saturated carbocycles. The van der Waals surface area contributed by atoms with Crippen LogP contribution in [-0.2, 0) is 11.8 Å². The van der Waals surface area contributed by atoms with Crippen LogP contribution in [0.5, 0.6) is 5.75 Å². The molecule has 2 heterocycles. The third-order valence-electron chi connectivity index (χ3n) is 5.55. The molecule has 0 atom stereocenters. The Hall–Kier alpha value is -3.16. The van der Waals surface area contributed by atoms with Crippen molar-refractivity contribution in [2.75, 3.05) is 44.8 Å². The molecular weight excluding hydrogens is 394 g/mol. The summed E-state index contributed by atoms with van der Waals surface area (Å²) in [6.45, 7) is 6.56. The van der Waals surface area contributed by atoms with Gasteiger partial charge in [0.2, 0.25) is 0 Å². The molecule has 0 bridgehead atoms. The number of aryl methyl sites for hydroxylation is 2. The fourth-order valence-corrected chi connectivity index (χ4v) is 3.76. The Kier molecular flexibility index (Phi) is 6.34. The third-order valence-corrected chi connectivity index (χ3v) is 5.55. The van der Waals surface area contributed by atoms with Crippen LogP contribution in [0.25, 0.3) is 10.9 Å². The molecule has 31 heavy (non-hydrogen) atoms. The number of carbonyl (C=O) groups is 1. The lowest BCUT2D eigenvalue weighted by atomic mass is 10.1. The molecule has 1 N–H and O–H groups in total. The number of carbonyl (C=O) groups excluding carboxylic acids is 1. The van der Waals surface area contributed by atoms with E-state index in [-0.39, 0.29) is 11.5 Å². The highest BCUT2D eigenvalue weighted by atomic mass is 16.5. The Balaban J connectivity index is 1.54. The second-order valence-electron chi connectivity index (χ2n) is 7.73. The SMILES string of the molecule is Cc1ccc(OCCN2CCOCC2)c(NC(=O)c2cc(=O)n(C)c3ccccc23)c1. The number of benzene rings is 2. The van der Waals surface area contributed by atoms with Crippen LogP contribution >= 0.6 is 0 Å². The molecule has 1 saturated heterocycles. The van der Waals surface area contributed by atoms with Crippen LogP contribution in [-0.4, -0.2) is 54.8 Å². The topological polar surface area (TPSA) is 72.8 Å². The molecular formula is C24H27N3O4. The molecule has 162 valence electrons. The van der Waals surface area contributed by atoms with E-state index in [9.17, 15) is 9.59 Å². The van der Waals surface area contributed by atoms with E-state index in [1.807, 2.05) is 49.4 Å². The van der Waals surface area contributed by atoms with Crippen LogP contribution in [0.2, 0.25) is 0 Å². The number of ether oxygens (including phenoxy) is 2. The van der Waals surface area contributed by atoms with E-state index in [4.69, 9.17) is 9.47 Å². The van der Waals surface area contributed by atoms with Gasteiger partial charge in [-0.15, -0.1) is 0 Å². The maximum Gasteiger partial charge on any atom is 0.256 e. The van der Waals surface area contributed by atoms with Crippen molar-refractivity contribution >= 4 is 22.5 Å². The average molecular weight is 421 g/mol. The lowest BCUT2D eigenvalue weighted by molar-refractivity contribution is 0.0323. The zero-order valence-corrected chi connectivity index (χ0v) is 17.9. The number of para-hydroxylation sites is 1.